The van der Waals surface area contributed by atoms with E-state index in [1.165, 1.54) is 0 Å². The molecule has 3 N–H and O–H groups in total. The summed E-state index contributed by atoms with van der Waals surface area (Å²) in [5, 5.41) is 0. The first kappa shape index (κ1) is 7.39. The minimum atomic E-state index is -0.467. The third-order valence-corrected chi connectivity index (χ3v) is 0.461. The van der Waals surface area contributed by atoms with Crippen LogP contribution in [0.5, 0.6) is 0 Å². The van der Waals surface area contributed by atoms with Crippen molar-refractivity contribution >= 4 is 5.91 Å². The van der Waals surface area contributed by atoms with Crippen molar-refractivity contribution in [3.05, 3.63) is 0 Å². The van der Waals surface area contributed by atoms with E-state index in [4.69, 9.17) is 5.73 Å². The van der Waals surface area contributed by atoms with Crippen molar-refractivity contribution in [1.82, 2.24) is 5.48 Å². The Morgan fingerprint density at radius 1 is 1.88 bits per heavy atom. The van der Waals surface area contributed by atoms with E-state index in [1.807, 2.05) is 6.92 Å². The van der Waals surface area contributed by atoms with Crippen LogP contribution < -0.4 is 11.2 Å². The Hall–Kier alpha value is -0.610. The molecule has 0 aliphatic rings. The fourth-order valence-corrected chi connectivity index (χ4v) is 0.224. The minimum absolute atomic E-state index is 0.0617. The van der Waals surface area contributed by atoms with Crippen LogP contribution in [0.25, 0.3) is 0 Å². The van der Waals surface area contributed by atoms with Crippen LogP contribution in [0.4, 0.5) is 0 Å². The van der Waals surface area contributed by atoms with E-state index >= 15 is 0 Å². The number of primary amides is 1. The maximum atomic E-state index is 9.93. The van der Waals surface area contributed by atoms with E-state index in [0.717, 1.165) is 0 Å². The van der Waals surface area contributed by atoms with Crippen molar-refractivity contribution in [3.63, 3.8) is 0 Å². The molecule has 0 bridgehead atoms. The van der Waals surface area contributed by atoms with Gasteiger partial charge in [-0.25, -0.2) is 5.48 Å². The van der Waals surface area contributed by atoms with Gasteiger partial charge in [0, 0.05) is 6.54 Å². The van der Waals surface area contributed by atoms with Crippen LogP contribution >= 0.6 is 0 Å². The van der Waals surface area contributed by atoms with Crippen LogP contribution in [0, 0.1) is 0 Å². The van der Waals surface area contributed by atoms with Crippen molar-refractivity contribution in [2.75, 3.05) is 13.2 Å². The second-order valence-electron chi connectivity index (χ2n) is 1.25. The third kappa shape index (κ3) is 5.39. The summed E-state index contributed by atoms with van der Waals surface area (Å²) in [4.78, 5) is 14.5. The number of carbonyl (C=O) groups is 1. The van der Waals surface area contributed by atoms with E-state index < -0.39 is 5.91 Å². The lowest BCUT2D eigenvalue weighted by atomic mass is 10.7. The van der Waals surface area contributed by atoms with E-state index in [0.29, 0.717) is 6.54 Å². The third-order valence-electron chi connectivity index (χ3n) is 0.461. The van der Waals surface area contributed by atoms with Gasteiger partial charge in [-0.05, 0) is 0 Å². The van der Waals surface area contributed by atoms with Crippen molar-refractivity contribution in [3.8, 4) is 0 Å². The molecule has 4 nitrogen and oxygen atoms in total. The number of hydrogen-bond donors (Lipinski definition) is 2. The zero-order valence-corrected chi connectivity index (χ0v) is 4.81. The van der Waals surface area contributed by atoms with Gasteiger partial charge in [0.1, 0.15) is 6.61 Å². The highest BCUT2D eigenvalue weighted by Gasteiger charge is 1.89. The Balaban J connectivity index is 2.82. The molecule has 0 atom stereocenters. The van der Waals surface area contributed by atoms with E-state index in [-0.39, 0.29) is 6.61 Å². The largest absolute Gasteiger partial charge is 0.368 e. The van der Waals surface area contributed by atoms with Gasteiger partial charge < -0.3 is 5.73 Å². The van der Waals surface area contributed by atoms with Crippen molar-refractivity contribution in [1.29, 1.82) is 0 Å². The average Bonchev–Trinajstić information content (AvgIpc) is 1.66. The fraction of sp³-hybridized carbons (Fsp3) is 0.750. The van der Waals surface area contributed by atoms with Crippen LogP contribution in [0.3, 0.4) is 0 Å². The Labute approximate surface area is 48.0 Å². The Bertz CT molecular complexity index is 74.4. The second kappa shape index (κ2) is 4.55. The molecule has 0 saturated heterocycles. The fourth-order valence-electron chi connectivity index (χ4n) is 0.224. The SMILES string of the molecule is CCNOCC(N)=O. The van der Waals surface area contributed by atoms with Gasteiger partial charge in [-0.2, -0.15) is 0 Å². The Morgan fingerprint density at radius 2 is 2.50 bits per heavy atom. The Kier molecular flexibility index (Phi) is 4.20. The summed E-state index contributed by atoms with van der Waals surface area (Å²) >= 11 is 0. The van der Waals surface area contributed by atoms with E-state index in [1.54, 1.807) is 0 Å². The van der Waals surface area contributed by atoms with Gasteiger partial charge in [-0.3, -0.25) is 9.63 Å². The molecule has 0 aliphatic heterocycles. The quantitative estimate of drug-likeness (QED) is 0.368. The number of amides is 1. The molecule has 0 aromatic heterocycles. The van der Waals surface area contributed by atoms with Crippen LogP contribution in [-0.4, -0.2) is 19.1 Å². The summed E-state index contributed by atoms with van der Waals surface area (Å²) in [7, 11) is 0. The highest BCUT2D eigenvalue weighted by atomic mass is 16.6. The molecule has 0 saturated carbocycles. The highest BCUT2D eigenvalue weighted by molar-refractivity contribution is 5.74. The molecular weight excluding hydrogens is 108 g/mol. The molecule has 0 fully saturated rings. The minimum Gasteiger partial charge on any atom is -0.368 e. The normalized spacial score (nSPS) is 9.12. The molecule has 1 amide bonds. The van der Waals surface area contributed by atoms with Crippen molar-refractivity contribution in [2.24, 2.45) is 5.73 Å². The molecule has 4 heteroatoms. The van der Waals surface area contributed by atoms with Gasteiger partial charge in [-0.1, -0.05) is 6.92 Å². The standard InChI is InChI=1S/C4H10N2O2/c1-2-6-8-3-4(5)7/h6H,2-3H2,1H3,(H2,5,7). The van der Waals surface area contributed by atoms with Gasteiger partial charge in [0.2, 0.25) is 5.91 Å². The molecule has 0 aromatic carbocycles. The first-order valence-corrected chi connectivity index (χ1v) is 2.40. The monoisotopic (exact) mass is 118 g/mol. The molecule has 0 spiro atoms. The molecule has 48 valence electrons. The zero-order chi connectivity index (χ0) is 6.41. The highest BCUT2D eigenvalue weighted by Crippen LogP contribution is 1.62. The van der Waals surface area contributed by atoms with Crippen LogP contribution in [-0.2, 0) is 9.63 Å². The van der Waals surface area contributed by atoms with Gasteiger partial charge in [0.15, 0.2) is 0 Å². The molecular formula is C4H10N2O2. The maximum absolute atomic E-state index is 9.93. The predicted molar refractivity (Wildman–Crippen MR) is 28.8 cm³/mol. The molecule has 8 heavy (non-hydrogen) atoms. The molecule has 0 aromatic rings. The lowest BCUT2D eigenvalue weighted by molar-refractivity contribution is -0.125. The number of rotatable bonds is 4. The van der Waals surface area contributed by atoms with E-state index in [2.05, 4.69) is 10.3 Å². The number of nitrogens with one attached hydrogen (secondary N) is 1. The van der Waals surface area contributed by atoms with Crippen LogP contribution in [0.15, 0.2) is 0 Å². The van der Waals surface area contributed by atoms with Gasteiger partial charge in [0.25, 0.3) is 0 Å². The topological polar surface area (TPSA) is 64.3 Å². The number of nitrogens with two attached hydrogens (primary N) is 1. The summed E-state index contributed by atoms with van der Waals surface area (Å²) < 4.78 is 0. The number of carbonyl (C=O) groups excluding carboxylic acids is 1. The smallest absolute Gasteiger partial charge is 0.245 e. The van der Waals surface area contributed by atoms with Crippen LogP contribution in [0.2, 0.25) is 0 Å². The average molecular weight is 118 g/mol. The predicted octanol–water partition coefficient (Wildman–Crippen LogP) is -0.987. The van der Waals surface area contributed by atoms with E-state index in [9.17, 15) is 4.79 Å². The van der Waals surface area contributed by atoms with Gasteiger partial charge >= 0.3 is 0 Å². The summed E-state index contributed by atoms with van der Waals surface area (Å²) in [5.41, 5.74) is 7.21. The first-order valence-electron chi connectivity index (χ1n) is 2.40. The van der Waals surface area contributed by atoms with Crippen LogP contribution in [0.1, 0.15) is 6.92 Å². The molecule has 0 radical (unpaired) electrons. The lowest BCUT2D eigenvalue weighted by Crippen LogP contribution is -2.24. The number of hydrogen-bond acceptors (Lipinski definition) is 3. The van der Waals surface area contributed by atoms with Crippen molar-refractivity contribution in [2.45, 2.75) is 6.92 Å². The summed E-state index contributed by atoms with van der Waals surface area (Å²) in [6.45, 7) is 2.47. The zero-order valence-electron chi connectivity index (χ0n) is 4.81. The molecule has 0 aliphatic carbocycles. The number of hydroxylamine groups is 1. The lowest BCUT2D eigenvalue weighted by Gasteiger charge is -1.96. The maximum Gasteiger partial charge on any atom is 0.245 e. The summed E-state index contributed by atoms with van der Waals surface area (Å²) in [5.74, 6) is -0.467. The second-order valence-corrected chi connectivity index (χ2v) is 1.25. The summed E-state index contributed by atoms with van der Waals surface area (Å²) in [6, 6.07) is 0. The van der Waals surface area contributed by atoms with Gasteiger partial charge in [0.05, 0.1) is 0 Å². The molecule has 0 heterocycles. The molecule has 0 rings (SSSR count). The van der Waals surface area contributed by atoms with Gasteiger partial charge in [-0.15, -0.1) is 0 Å². The Morgan fingerprint density at radius 3 is 2.88 bits per heavy atom. The van der Waals surface area contributed by atoms with Crippen molar-refractivity contribution < 1.29 is 9.63 Å². The summed E-state index contributed by atoms with van der Waals surface area (Å²) in [6.07, 6.45) is 0. The first-order chi connectivity index (χ1) is 3.77. The molecule has 0 unspecified atom stereocenters.